The normalized spacial score (nSPS) is 10.8. The van der Waals surface area contributed by atoms with Gasteiger partial charge in [0.05, 0.1) is 44.1 Å². The minimum atomic E-state index is -0.794. The number of aliphatic hydroxyl groups is 1. The van der Waals surface area contributed by atoms with Crippen LogP contribution in [-0.2, 0) is 26.3 Å². The first kappa shape index (κ1) is 42.6. The van der Waals surface area contributed by atoms with E-state index in [-0.39, 0.29) is 42.5 Å². The number of benzene rings is 4. The Morgan fingerprint density at radius 1 is 0.683 bits per heavy atom. The summed E-state index contributed by atoms with van der Waals surface area (Å²) >= 11 is 2.74. The van der Waals surface area contributed by atoms with Gasteiger partial charge in [-0.2, -0.15) is 0 Å². The molecule has 0 unspecified atom stereocenters. The Kier molecular flexibility index (Phi) is 13.6. The summed E-state index contributed by atoms with van der Waals surface area (Å²) in [7, 11) is 1.00. The van der Waals surface area contributed by atoms with Crippen LogP contribution < -0.4 is 26.3 Å². The molecule has 0 aliphatic heterocycles. The number of fused-ring (bicyclic) bond motifs is 2. The van der Waals surface area contributed by atoms with E-state index < -0.39 is 39.4 Å². The standard InChI is InChI=1S/C20H13F2N3O4S.C20H15F2N3O2S.CH4O/c21-13-6-7-17(14(22)9-13)29-11-12-3-1-4-15-19(12)30-18(23-15)10-24-8-2-5-16(20(24)26)25(27)28;21-13-6-7-17(14(22)9-13)27-11-12-3-1-5-16-19(12)28-18(24-16)10-25-8-2-4-15(23)20(25)26;1-2/h1-9H,10-11H2;1-9H,10-11,23H2;2H,1H3. The van der Waals surface area contributed by atoms with Crippen LogP contribution in [0.5, 0.6) is 11.5 Å². The van der Waals surface area contributed by atoms with E-state index in [9.17, 15) is 37.3 Å². The number of hydrogen-bond donors (Lipinski definition) is 2. The molecule has 0 bridgehead atoms. The van der Waals surface area contributed by atoms with Crippen LogP contribution in [0.4, 0.5) is 28.9 Å². The Hall–Kier alpha value is -6.96. The molecule has 0 aliphatic rings. The van der Waals surface area contributed by atoms with Gasteiger partial charge in [-0.3, -0.25) is 19.7 Å². The molecule has 0 fully saturated rings. The maximum atomic E-state index is 13.8. The summed E-state index contributed by atoms with van der Waals surface area (Å²) in [4.78, 5) is 43.6. The van der Waals surface area contributed by atoms with Crippen LogP contribution in [0.2, 0.25) is 0 Å². The number of nitrogen functional groups attached to an aromatic ring is 1. The monoisotopic (exact) mass is 860 g/mol. The second-order valence-electron chi connectivity index (χ2n) is 12.5. The van der Waals surface area contributed by atoms with Crippen LogP contribution in [0.25, 0.3) is 20.4 Å². The fourth-order valence-electron chi connectivity index (χ4n) is 5.72. The summed E-state index contributed by atoms with van der Waals surface area (Å²) in [5.41, 5.74) is 7.35. The summed E-state index contributed by atoms with van der Waals surface area (Å²) in [5, 5.41) is 19.3. The molecule has 0 aliphatic carbocycles. The average Bonchev–Trinajstić information content (AvgIpc) is 3.85. The number of ether oxygens (including phenoxy) is 2. The summed E-state index contributed by atoms with van der Waals surface area (Å²) < 4.78 is 69.0. The van der Waals surface area contributed by atoms with Gasteiger partial charge >= 0.3 is 11.2 Å². The number of pyridine rings is 2. The molecule has 4 aromatic heterocycles. The van der Waals surface area contributed by atoms with E-state index in [4.69, 9.17) is 20.3 Å². The third-order valence-corrected chi connectivity index (χ3v) is 10.8. The van der Waals surface area contributed by atoms with E-state index in [0.29, 0.717) is 17.1 Å². The van der Waals surface area contributed by atoms with Crippen molar-refractivity contribution < 1.29 is 37.1 Å². The van der Waals surface area contributed by atoms with E-state index in [1.165, 1.54) is 56.2 Å². The molecule has 4 heterocycles. The predicted molar refractivity (Wildman–Crippen MR) is 219 cm³/mol. The van der Waals surface area contributed by atoms with Crippen molar-refractivity contribution in [3.8, 4) is 11.5 Å². The van der Waals surface area contributed by atoms with Crippen molar-refractivity contribution in [2.45, 2.75) is 26.3 Å². The summed E-state index contributed by atoms with van der Waals surface area (Å²) in [6.07, 6.45) is 3.12. The average molecular weight is 861 g/mol. The SMILES string of the molecule is CO.Nc1cccn(Cc2nc3cccc(COc4ccc(F)cc4F)c3s2)c1=O.O=c1c([N+](=O)[O-])cccn1Cc1nc2cccc(COc3ccc(F)cc3F)c2s1. The molecule has 8 rings (SSSR count). The largest absolute Gasteiger partial charge is 0.486 e. The molecule has 0 amide bonds. The van der Waals surface area contributed by atoms with Gasteiger partial charge in [0.2, 0.25) is 0 Å². The second kappa shape index (κ2) is 19.2. The van der Waals surface area contributed by atoms with Gasteiger partial charge in [-0.1, -0.05) is 24.3 Å². The molecule has 0 saturated heterocycles. The first-order valence-corrected chi connectivity index (χ1v) is 19.2. The van der Waals surface area contributed by atoms with Gasteiger partial charge in [-0.25, -0.2) is 27.5 Å². The summed E-state index contributed by atoms with van der Waals surface area (Å²) in [6, 6.07) is 23.0. The minimum absolute atomic E-state index is 0.0190. The van der Waals surface area contributed by atoms with Crippen molar-refractivity contribution in [3.05, 3.63) is 185 Å². The number of rotatable bonds is 11. The van der Waals surface area contributed by atoms with E-state index in [1.54, 1.807) is 36.5 Å². The van der Waals surface area contributed by atoms with E-state index >= 15 is 0 Å². The Labute approximate surface area is 344 Å². The third-order valence-electron chi connectivity index (χ3n) is 8.49. The van der Waals surface area contributed by atoms with Crippen molar-refractivity contribution >= 4 is 54.5 Å². The van der Waals surface area contributed by atoms with Gasteiger partial charge in [-0.05, 0) is 54.6 Å². The van der Waals surface area contributed by atoms with Crippen molar-refractivity contribution in [1.29, 1.82) is 0 Å². The van der Waals surface area contributed by atoms with Gasteiger partial charge in [0, 0.05) is 48.8 Å². The van der Waals surface area contributed by atoms with Crippen LogP contribution in [0.3, 0.4) is 0 Å². The van der Waals surface area contributed by atoms with E-state index in [2.05, 4.69) is 9.97 Å². The van der Waals surface area contributed by atoms with Gasteiger partial charge in [0.1, 0.15) is 34.9 Å². The van der Waals surface area contributed by atoms with Crippen LogP contribution >= 0.6 is 22.7 Å². The van der Waals surface area contributed by atoms with Crippen LogP contribution in [0.1, 0.15) is 21.1 Å². The predicted octanol–water partition coefficient (Wildman–Crippen LogP) is 7.83. The van der Waals surface area contributed by atoms with Crippen molar-refractivity contribution in [2.24, 2.45) is 0 Å². The molecule has 3 N–H and O–H groups in total. The highest BCUT2D eigenvalue weighted by Gasteiger charge is 2.17. The highest BCUT2D eigenvalue weighted by Crippen LogP contribution is 2.30. The number of anilines is 1. The Morgan fingerprint density at radius 3 is 1.62 bits per heavy atom. The first-order valence-electron chi connectivity index (χ1n) is 17.6. The molecule has 19 heteroatoms. The van der Waals surface area contributed by atoms with Crippen molar-refractivity contribution in [2.75, 3.05) is 12.8 Å². The fourth-order valence-corrected chi connectivity index (χ4v) is 7.84. The van der Waals surface area contributed by atoms with Gasteiger partial charge in [0.15, 0.2) is 23.1 Å². The highest BCUT2D eigenvalue weighted by atomic mass is 32.1. The van der Waals surface area contributed by atoms with E-state index in [0.717, 1.165) is 68.5 Å². The van der Waals surface area contributed by atoms with Crippen LogP contribution in [0.15, 0.2) is 119 Å². The molecular weight excluding hydrogens is 829 g/mol. The third kappa shape index (κ3) is 10.0. The molecule has 13 nitrogen and oxygen atoms in total. The van der Waals surface area contributed by atoms with Gasteiger partial charge in [0.25, 0.3) is 5.56 Å². The molecule has 8 aromatic rings. The number of aromatic nitrogens is 4. The van der Waals surface area contributed by atoms with Crippen LogP contribution in [0, 0.1) is 33.4 Å². The zero-order chi connectivity index (χ0) is 42.9. The van der Waals surface area contributed by atoms with E-state index in [1.807, 2.05) is 18.2 Å². The maximum absolute atomic E-state index is 13.8. The van der Waals surface area contributed by atoms with Crippen molar-refractivity contribution in [1.82, 2.24) is 19.1 Å². The fraction of sp³-hybridized carbons (Fsp3) is 0.122. The number of nitrogens with zero attached hydrogens (tertiary/aromatic N) is 5. The topological polar surface area (TPSA) is 178 Å². The molecule has 60 heavy (non-hydrogen) atoms. The quantitative estimate of drug-likeness (QED) is 0.0740. The maximum Gasteiger partial charge on any atom is 0.334 e. The zero-order valence-corrected chi connectivity index (χ0v) is 32.9. The first-order chi connectivity index (χ1) is 28.9. The second-order valence-corrected chi connectivity index (χ2v) is 14.6. The smallest absolute Gasteiger partial charge is 0.334 e. The van der Waals surface area contributed by atoms with Crippen LogP contribution in [-0.4, -0.2) is 36.2 Å². The Balaban J connectivity index is 0.000000194. The number of aliphatic hydroxyl groups excluding tert-OH is 1. The van der Waals surface area contributed by atoms with Gasteiger partial charge in [-0.15, -0.1) is 22.7 Å². The lowest BCUT2D eigenvalue weighted by Crippen LogP contribution is -2.22. The summed E-state index contributed by atoms with van der Waals surface area (Å²) in [5.74, 6) is -2.98. The van der Waals surface area contributed by atoms with Crippen molar-refractivity contribution in [3.63, 3.8) is 0 Å². The number of thiazole rings is 2. The lowest BCUT2D eigenvalue weighted by molar-refractivity contribution is -0.386. The number of halogens is 4. The molecule has 308 valence electrons. The van der Waals surface area contributed by atoms with Gasteiger partial charge < -0.3 is 29.4 Å². The minimum Gasteiger partial charge on any atom is -0.486 e. The molecule has 0 radical (unpaired) electrons. The lowest BCUT2D eigenvalue weighted by atomic mass is 10.2. The molecule has 0 spiro atoms. The molecular formula is C41H32F4N6O7S2. The zero-order valence-electron chi connectivity index (χ0n) is 31.3. The Bertz CT molecular complexity index is 2940. The number of nitro groups is 1. The molecule has 4 aromatic carbocycles. The number of hydrogen-bond acceptors (Lipinski definition) is 12. The number of nitrogens with two attached hydrogens (primary N) is 1. The molecule has 0 atom stereocenters. The lowest BCUT2D eigenvalue weighted by Gasteiger charge is -2.07. The highest BCUT2D eigenvalue weighted by molar-refractivity contribution is 7.19. The Morgan fingerprint density at radius 2 is 1.15 bits per heavy atom. The summed E-state index contributed by atoms with van der Waals surface area (Å²) in [6.45, 7) is 0.529. The molecule has 0 saturated carbocycles.